The Kier molecular flexibility index (Phi) is 16.6. The Morgan fingerprint density at radius 2 is 0.909 bits per heavy atom. The number of aliphatic hydroxyl groups is 2. The summed E-state index contributed by atoms with van der Waals surface area (Å²) in [7, 11) is -0.892. The van der Waals surface area contributed by atoms with Gasteiger partial charge in [-0.2, -0.15) is 0 Å². The molecule has 16 nitrogen and oxygen atoms in total. The Bertz CT molecular complexity index is 2480. The summed E-state index contributed by atoms with van der Waals surface area (Å²) in [5.74, 6) is 3.24. The van der Waals surface area contributed by atoms with Gasteiger partial charge in [0.1, 0.15) is 45.9 Å². The first kappa shape index (κ1) is 49.1. The molecule has 6 aromatic rings. The molecule has 0 unspecified atom stereocenters. The van der Waals surface area contributed by atoms with Gasteiger partial charge in [0.2, 0.25) is 0 Å². The van der Waals surface area contributed by atoms with Crippen molar-refractivity contribution in [3.8, 4) is 55.8 Å². The van der Waals surface area contributed by atoms with Crippen LogP contribution < -0.4 is 18.9 Å². The highest BCUT2D eigenvalue weighted by Crippen LogP contribution is 2.40. The lowest BCUT2D eigenvalue weighted by Crippen LogP contribution is -2.23. The van der Waals surface area contributed by atoms with Crippen LogP contribution >= 0.6 is 22.7 Å². The molecule has 0 bridgehead atoms. The third kappa shape index (κ3) is 11.6. The largest absolute Gasteiger partial charge is 0.494 e. The summed E-state index contributed by atoms with van der Waals surface area (Å²) in [5.41, 5.74) is 1.10. The van der Waals surface area contributed by atoms with Crippen LogP contribution in [-0.2, 0) is 31.2 Å². The maximum atomic E-state index is 13.1. The minimum atomic E-state index is -3.55. The molecule has 0 spiro atoms. The summed E-state index contributed by atoms with van der Waals surface area (Å²) in [6.45, 7) is 0. The first-order valence-corrected chi connectivity index (χ1v) is 27.4. The number of thiophene rings is 2. The maximum Gasteiger partial charge on any atom is 0.178 e. The molecular weight excluding hydrogens is 925 g/mol. The van der Waals surface area contributed by atoms with Crippen LogP contribution in [0.5, 0.6) is 23.0 Å². The summed E-state index contributed by atoms with van der Waals surface area (Å²) >= 11 is 2.97. The number of ether oxygens (including phenoxy) is 4. The number of aliphatic hydroxyl groups excluding tert-OH is 2. The van der Waals surface area contributed by atoms with E-state index >= 15 is 0 Å². The van der Waals surface area contributed by atoms with Crippen LogP contribution in [0.15, 0.2) is 71.4 Å². The predicted molar refractivity (Wildman–Crippen MR) is 256 cm³/mol. The fourth-order valence-corrected chi connectivity index (χ4v) is 12.9. The number of para-hydroxylation sites is 2. The van der Waals surface area contributed by atoms with Gasteiger partial charge in [-0.1, -0.05) is 49.9 Å². The summed E-state index contributed by atoms with van der Waals surface area (Å²) in [4.78, 5) is 1.69. The molecular formula is C46H58N6O10S4. The van der Waals surface area contributed by atoms with Crippen LogP contribution in [0, 0.1) is 11.8 Å². The van der Waals surface area contributed by atoms with E-state index in [1.165, 1.54) is 22.7 Å². The molecule has 2 fully saturated rings. The lowest BCUT2D eigenvalue weighted by Gasteiger charge is -2.18. The normalized spacial score (nSPS) is 15.6. The molecule has 2 aliphatic carbocycles. The molecule has 0 amide bonds. The van der Waals surface area contributed by atoms with Crippen LogP contribution in [-0.4, -0.2) is 109 Å². The van der Waals surface area contributed by atoms with Crippen LogP contribution in [0.2, 0.25) is 0 Å². The van der Waals surface area contributed by atoms with E-state index in [1.807, 2.05) is 35.0 Å². The molecule has 4 heterocycles. The van der Waals surface area contributed by atoms with Crippen molar-refractivity contribution >= 4 is 42.3 Å². The molecule has 356 valence electrons. The van der Waals surface area contributed by atoms with Gasteiger partial charge >= 0.3 is 0 Å². The van der Waals surface area contributed by atoms with E-state index in [0.717, 1.165) is 61.1 Å². The number of aromatic nitrogens is 6. The second-order valence-corrected chi connectivity index (χ2v) is 22.8. The quantitative estimate of drug-likeness (QED) is 0.0751. The Labute approximate surface area is 394 Å². The molecule has 0 aliphatic heterocycles. The second kappa shape index (κ2) is 22.3. The van der Waals surface area contributed by atoms with Crippen LogP contribution in [0.3, 0.4) is 0 Å². The van der Waals surface area contributed by atoms with E-state index in [2.05, 4.69) is 20.4 Å². The molecule has 2 N–H and O–H groups in total. The molecule has 20 heteroatoms. The lowest BCUT2D eigenvalue weighted by molar-refractivity contribution is 0.107. The zero-order valence-corrected chi connectivity index (χ0v) is 40.9. The third-order valence-electron chi connectivity index (χ3n) is 12.2. The number of nitrogens with zero attached hydrogens (tertiary/aromatic N) is 6. The Balaban J connectivity index is 0.000000196. The van der Waals surface area contributed by atoms with Gasteiger partial charge in [-0.25, -0.2) is 16.8 Å². The molecule has 0 radical (unpaired) electrons. The molecule has 0 saturated heterocycles. The Morgan fingerprint density at radius 3 is 1.21 bits per heavy atom. The monoisotopic (exact) mass is 982 g/mol. The number of benzene rings is 2. The van der Waals surface area contributed by atoms with Crippen LogP contribution in [0.1, 0.15) is 75.9 Å². The van der Waals surface area contributed by atoms with Crippen LogP contribution in [0.4, 0.5) is 0 Å². The summed E-state index contributed by atoms with van der Waals surface area (Å²) in [5, 5.41) is 41.9. The van der Waals surface area contributed by atoms with E-state index in [-0.39, 0.29) is 59.3 Å². The van der Waals surface area contributed by atoms with Crippen molar-refractivity contribution in [3.63, 3.8) is 0 Å². The maximum absolute atomic E-state index is 13.1. The van der Waals surface area contributed by atoms with E-state index in [4.69, 9.17) is 18.9 Å². The topological polar surface area (TPSA) is 207 Å². The highest BCUT2D eigenvalue weighted by Gasteiger charge is 2.31. The highest BCUT2D eigenvalue weighted by atomic mass is 32.2. The first-order valence-electron chi connectivity index (χ1n) is 22.0. The molecule has 2 aromatic carbocycles. The van der Waals surface area contributed by atoms with Gasteiger partial charge in [-0.15, -0.1) is 43.1 Å². The van der Waals surface area contributed by atoms with Crippen molar-refractivity contribution in [1.29, 1.82) is 0 Å². The zero-order valence-electron chi connectivity index (χ0n) is 37.6. The Hall–Kier alpha value is -4.86. The van der Waals surface area contributed by atoms with Gasteiger partial charge < -0.3 is 29.2 Å². The predicted octanol–water partition coefficient (Wildman–Crippen LogP) is 7.74. The van der Waals surface area contributed by atoms with Gasteiger partial charge in [-0.05, 0) is 97.5 Å². The van der Waals surface area contributed by atoms with Gasteiger partial charge in [0.05, 0.1) is 61.9 Å². The van der Waals surface area contributed by atoms with E-state index in [1.54, 1.807) is 74.0 Å². The van der Waals surface area contributed by atoms with Crippen molar-refractivity contribution in [1.82, 2.24) is 29.5 Å². The second-order valence-electron chi connectivity index (χ2n) is 16.5. The van der Waals surface area contributed by atoms with Gasteiger partial charge in [0.15, 0.2) is 43.0 Å². The fourth-order valence-electron chi connectivity index (χ4n) is 8.82. The molecule has 2 atom stereocenters. The Morgan fingerprint density at radius 1 is 0.561 bits per heavy atom. The number of hydrogen-bond acceptors (Lipinski definition) is 16. The van der Waals surface area contributed by atoms with Crippen molar-refractivity contribution in [3.05, 3.63) is 83.1 Å². The number of hydrogen-bond donors (Lipinski definition) is 2. The zero-order chi connectivity index (χ0) is 46.8. The van der Waals surface area contributed by atoms with E-state index in [9.17, 15) is 27.0 Å². The fraction of sp³-hybridized carbons (Fsp3) is 0.478. The number of rotatable bonds is 20. The average molecular weight is 983 g/mol. The smallest absolute Gasteiger partial charge is 0.178 e. The van der Waals surface area contributed by atoms with Crippen LogP contribution in [0.25, 0.3) is 32.8 Å². The molecule has 8 rings (SSSR count). The molecule has 4 aromatic heterocycles. The van der Waals surface area contributed by atoms with E-state index < -0.39 is 31.9 Å². The lowest BCUT2D eigenvalue weighted by atomic mass is 9.99. The number of methoxy groups -OCH3 is 4. The summed E-state index contributed by atoms with van der Waals surface area (Å²) in [6.07, 6.45) is 7.56. The standard InChI is InChI=1S/2C23H29N3O5S2/c2*1-30-18-9-5-10-19(31-2)22(18)26-21(24-25-23(26)20-11-6-13-32-20)15-33(28,29)14-12-17(27)16-7-3-4-8-16/h2*5-6,9-11,13,16-17,27H,3-4,7-8,12,14-15H2,1-2H3/t2*17-/m10/s1. The van der Waals surface area contributed by atoms with Gasteiger partial charge in [-0.3, -0.25) is 9.13 Å². The SMILES string of the molecule is COc1cccc(OC)c1-n1c(CS(=O)(=O)CC[C@@H](O)C2CCCC2)nnc1-c1cccs1.COc1cccc(OC)c1-n1c(CS(=O)(=O)CC[C@H](O)C2CCCC2)nnc1-c1cccs1. The first-order chi connectivity index (χ1) is 31.9. The van der Waals surface area contributed by atoms with Gasteiger partial charge in [0.25, 0.3) is 0 Å². The molecule has 66 heavy (non-hydrogen) atoms. The summed E-state index contributed by atoms with van der Waals surface area (Å²) < 4.78 is 77.9. The summed E-state index contributed by atoms with van der Waals surface area (Å²) in [6, 6.07) is 18.4. The average Bonchev–Trinajstić information content (AvgIpc) is 4.18. The van der Waals surface area contributed by atoms with Crippen molar-refractivity contribution < 1.29 is 46.0 Å². The highest BCUT2D eigenvalue weighted by molar-refractivity contribution is 7.90. The van der Waals surface area contributed by atoms with Crippen molar-refractivity contribution in [2.24, 2.45) is 11.8 Å². The molecule has 2 aliphatic rings. The van der Waals surface area contributed by atoms with Crippen molar-refractivity contribution in [2.45, 2.75) is 87.9 Å². The minimum absolute atomic E-state index is 0.102. The van der Waals surface area contributed by atoms with E-state index in [0.29, 0.717) is 46.0 Å². The van der Waals surface area contributed by atoms with Crippen molar-refractivity contribution in [2.75, 3.05) is 39.9 Å². The third-order valence-corrected chi connectivity index (χ3v) is 17.1. The minimum Gasteiger partial charge on any atom is -0.494 e. The van der Waals surface area contributed by atoms with Gasteiger partial charge in [0, 0.05) is 0 Å². The molecule has 2 saturated carbocycles. The number of sulfone groups is 2.